The molecule has 0 bridgehead atoms. The van der Waals surface area contributed by atoms with Crippen molar-refractivity contribution in [2.45, 2.75) is 176 Å². The first-order chi connectivity index (χ1) is 72.4. The van der Waals surface area contributed by atoms with Crippen LogP contribution in [0, 0.1) is 31.5 Å². The summed E-state index contributed by atoms with van der Waals surface area (Å²) in [7, 11) is 6.72. The quantitative estimate of drug-likeness (QED) is 0.0281. The van der Waals surface area contributed by atoms with Crippen molar-refractivity contribution in [3.05, 3.63) is 314 Å². The number of hydrogen-bond acceptors (Lipinski definition) is 16. The number of aromatic nitrogens is 4. The number of benzene rings is 10. The molecule has 4 N–H and O–H groups in total. The van der Waals surface area contributed by atoms with Crippen LogP contribution in [-0.2, 0) is 45.8 Å². The van der Waals surface area contributed by atoms with Crippen LogP contribution in [0.4, 0.5) is 4.39 Å². The highest BCUT2D eigenvalue weighted by atomic mass is 35.5. The van der Waals surface area contributed by atoms with E-state index in [2.05, 4.69) is 130 Å². The Bertz CT molecular complexity index is 6680. The monoisotopic (exact) mass is 2080 g/mol. The van der Waals surface area contributed by atoms with Gasteiger partial charge in [0.15, 0.2) is 0 Å². The van der Waals surface area contributed by atoms with E-state index >= 15 is 0 Å². The summed E-state index contributed by atoms with van der Waals surface area (Å²) in [6.45, 7) is 33.2. The molecule has 24 nitrogen and oxygen atoms in total. The zero-order valence-electron chi connectivity index (χ0n) is 88.0. The first-order valence-electron chi connectivity index (χ1n) is 52.9. The number of ether oxygens (including phenoxy) is 7. The summed E-state index contributed by atoms with van der Waals surface area (Å²) in [5, 5.41) is 18.1. The van der Waals surface area contributed by atoms with Crippen molar-refractivity contribution in [3.8, 4) is 40.2 Å². The van der Waals surface area contributed by atoms with E-state index in [0.717, 1.165) is 306 Å². The van der Waals surface area contributed by atoms with Gasteiger partial charge in [-0.25, -0.2) is 4.39 Å². The third kappa shape index (κ3) is 31.6. The molecule has 4 aliphatic rings. The summed E-state index contributed by atoms with van der Waals surface area (Å²) < 4.78 is 63.0. The third-order valence-corrected chi connectivity index (χ3v) is 28.9. The fourth-order valence-electron chi connectivity index (χ4n) is 20.4. The SMILES string of the molecule is COc1cccc2c(C(=O)NCC(C)C)cn(CCCN3CCC(Oc4ccc(Cl)cc4)CC3)c12.COc1cccc2c(C(=O)NCC(C)C)cn(CCCN3CCC(Oc4cccc(Cl)c4)CC3)c12.COc1cccc2c(C(=O)NCc3cccc(C)c3)cn(CCCN3CCC(Oc4ccc(Cl)cc4)CC3)c12.COc1cccc2c(C(=O)NCc3cccc(C)c3)cn(CCCN3CCCN(Cc4ccc(F)cc4)CC3)c12. The minimum absolute atomic E-state index is 0.0292. The fourth-order valence-corrected chi connectivity index (χ4v) is 20.8. The zero-order valence-corrected chi connectivity index (χ0v) is 90.3. The number of likely N-dealkylation sites (tertiary alicyclic amines) is 3. The molecule has 4 amide bonds. The average Bonchev–Trinajstić information content (AvgIpc) is 1.64. The molecule has 0 unspecified atom stereocenters. The zero-order chi connectivity index (χ0) is 105. The van der Waals surface area contributed by atoms with Crippen molar-refractivity contribution in [2.24, 2.45) is 11.8 Å². The molecule has 790 valence electrons. The van der Waals surface area contributed by atoms with Crippen molar-refractivity contribution in [1.82, 2.24) is 64.0 Å². The first-order valence-corrected chi connectivity index (χ1v) is 54.0. The number of nitrogens with one attached hydrogen (secondary N) is 4. The molecule has 14 aromatic rings. The average molecular weight is 2080 g/mol. The summed E-state index contributed by atoms with van der Waals surface area (Å²) in [5.74, 6) is 6.18. The molecule has 4 saturated heterocycles. The molecule has 18 rings (SSSR count). The molecule has 10 aromatic carbocycles. The van der Waals surface area contributed by atoms with E-state index < -0.39 is 0 Å². The highest BCUT2D eigenvalue weighted by Crippen LogP contribution is 2.37. The number of para-hydroxylation sites is 4. The van der Waals surface area contributed by atoms with Gasteiger partial charge in [-0.3, -0.25) is 24.1 Å². The largest absolute Gasteiger partial charge is 0.495 e. The molecular formula is C121H147Cl3FN13O11. The third-order valence-electron chi connectivity index (χ3n) is 28.1. The number of halogens is 4. The van der Waals surface area contributed by atoms with Crippen LogP contribution in [0.1, 0.15) is 168 Å². The van der Waals surface area contributed by atoms with Crippen molar-refractivity contribution in [1.29, 1.82) is 0 Å². The van der Waals surface area contributed by atoms with E-state index in [0.29, 0.717) is 65.3 Å². The molecule has 8 heterocycles. The van der Waals surface area contributed by atoms with Crippen LogP contribution < -0.4 is 54.4 Å². The minimum atomic E-state index is -0.186. The molecule has 0 atom stereocenters. The number of methoxy groups -OCH3 is 4. The Morgan fingerprint density at radius 3 is 0.980 bits per heavy atom. The Morgan fingerprint density at radius 2 is 0.644 bits per heavy atom. The van der Waals surface area contributed by atoms with Gasteiger partial charge in [0.2, 0.25) is 0 Å². The number of carbonyl (C=O) groups is 4. The standard InChI is InChI=1S/C33H39FN4O2.C32H36ClN3O3.2C28H36ClN3O3/c1-25-7-3-8-27(21-25)22-35-33(39)30-24-38(32-29(30)9-4-10-31(32)40-2)18-6-16-36-15-5-17-37(20-19-36)23-26-11-13-28(34)14-12-26;1-23-6-3-7-24(20-23)21-34-32(37)29-22-36(31-28(29)8-4-9-30(31)38-2)17-5-16-35-18-14-27(15-19-35)39-26-12-10-25(33)11-13-26;1-20(2)18-30-28(33)25-19-32(27-24(25)9-5-10-26(27)34-3)14-6-13-31-15-11-22(12-16-31)35-23-8-4-7-21(29)17-23;1-20(2)18-30-28(33)25-19-32(27-24(25)6-4-7-26(27)34-3)15-5-14-31-16-12-23(13-17-31)35-22-10-8-21(29)9-11-22/h3-4,7-14,21,24H,5-6,15-20,22-23H2,1-2H3,(H,35,39);3-4,6-13,20,22,27H,5,14-19,21H2,1-2H3,(H,34,37);4-5,7-10,17,19-20,22H,6,11-16,18H2,1-3H3,(H,30,33);4,6-11,19-20,23H,5,12-18H2,1-3H3,(H,30,33). The lowest BCUT2D eigenvalue weighted by atomic mass is 10.1. The van der Waals surface area contributed by atoms with Crippen LogP contribution in [0.3, 0.4) is 0 Å². The number of hydrogen-bond donors (Lipinski definition) is 4. The van der Waals surface area contributed by atoms with Gasteiger partial charge < -0.3 is 92.3 Å². The maximum absolute atomic E-state index is 13.3. The minimum Gasteiger partial charge on any atom is -0.495 e. The van der Waals surface area contributed by atoms with E-state index in [9.17, 15) is 23.6 Å². The molecular weight excluding hydrogens is 1940 g/mol. The number of amides is 4. The number of aryl methyl sites for hydroxylation is 6. The summed E-state index contributed by atoms with van der Waals surface area (Å²) in [6.07, 6.45) is 19.8. The van der Waals surface area contributed by atoms with E-state index in [1.165, 1.54) is 11.1 Å². The molecule has 28 heteroatoms. The molecule has 4 aliphatic heterocycles. The van der Waals surface area contributed by atoms with E-state index in [1.54, 1.807) is 40.6 Å². The lowest BCUT2D eigenvalue weighted by molar-refractivity contribution is 0.0942. The predicted octanol–water partition coefficient (Wildman–Crippen LogP) is 23.3. The normalized spacial score (nSPS) is 14.8. The van der Waals surface area contributed by atoms with Gasteiger partial charge in [-0.1, -0.05) is 189 Å². The van der Waals surface area contributed by atoms with Crippen molar-refractivity contribution in [2.75, 3.05) is 133 Å². The predicted molar refractivity (Wildman–Crippen MR) is 599 cm³/mol. The molecule has 4 fully saturated rings. The van der Waals surface area contributed by atoms with Crippen molar-refractivity contribution in [3.63, 3.8) is 0 Å². The van der Waals surface area contributed by atoms with Gasteiger partial charge in [-0.05, 0) is 255 Å². The Morgan fingerprint density at radius 1 is 0.329 bits per heavy atom. The van der Waals surface area contributed by atoms with Gasteiger partial charge in [-0.2, -0.15) is 0 Å². The number of nitrogens with zero attached hydrogens (tertiary/aromatic N) is 9. The Kier molecular flexibility index (Phi) is 41.0. The van der Waals surface area contributed by atoms with Crippen molar-refractivity contribution >= 4 is 102 Å². The van der Waals surface area contributed by atoms with Crippen LogP contribution >= 0.6 is 34.8 Å². The molecule has 0 spiro atoms. The summed E-state index contributed by atoms with van der Waals surface area (Å²) in [5.41, 5.74) is 12.4. The van der Waals surface area contributed by atoms with Crippen LogP contribution in [0.15, 0.2) is 243 Å². The van der Waals surface area contributed by atoms with Crippen LogP contribution in [-0.4, -0.2) is 218 Å². The van der Waals surface area contributed by atoms with Gasteiger partial charge in [0.1, 0.15) is 64.4 Å². The maximum atomic E-state index is 13.3. The summed E-state index contributed by atoms with van der Waals surface area (Å²) >= 11 is 18.0. The second kappa shape index (κ2) is 55.3. The van der Waals surface area contributed by atoms with Gasteiger partial charge in [-0.15, -0.1) is 0 Å². The van der Waals surface area contributed by atoms with Gasteiger partial charge in [0, 0.05) is 173 Å². The van der Waals surface area contributed by atoms with Crippen LogP contribution in [0.2, 0.25) is 15.1 Å². The van der Waals surface area contributed by atoms with Gasteiger partial charge in [0.05, 0.1) is 72.8 Å². The topological polar surface area (TPSA) is 217 Å². The number of carbonyl (C=O) groups excluding carboxylic acids is 4. The van der Waals surface area contributed by atoms with E-state index in [-0.39, 0.29) is 47.8 Å². The molecule has 149 heavy (non-hydrogen) atoms. The Labute approximate surface area is 892 Å². The second-order valence-corrected chi connectivity index (χ2v) is 41.6. The van der Waals surface area contributed by atoms with Gasteiger partial charge >= 0.3 is 0 Å². The van der Waals surface area contributed by atoms with Crippen LogP contribution in [0.25, 0.3) is 43.6 Å². The first kappa shape index (κ1) is 111. The number of piperidine rings is 3. The second-order valence-electron chi connectivity index (χ2n) is 40.3. The molecule has 0 radical (unpaired) electrons. The lowest BCUT2D eigenvalue weighted by Crippen LogP contribution is -2.38. The highest BCUT2D eigenvalue weighted by molar-refractivity contribution is 6.31. The number of fused-ring (bicyclic) bond motifs is 4. The molecule has 0 aliphatic carbocycles. The summed E-state index contributed by atoms with van der Waals surface area (Å²) in [6, 6.07) is 69.7. The molecule has 0 saturated carbocycles. The van der Waals surface area contributed by atoms with E-state index in [1.807, 2.05) is 207 Å². The maximum Gasteiger partial charge on any atom is 0.253 e. The highest BCUT2D eigenvalue weighted by Gasteiger charge is 2.29. The number of rotatable bonds is 40. The molecule has 4 aromatic heterocycles. The Balaban J connectivity index is 0.000000149. The fraction of sp³-hybridized carbons (Fsp3) is 0.405. The Hall–Kier alpha value is -12.6. The summed E-state index contributed by atoms with van der Waals surface area (Å²) in [4.78, 5) is 64.8. The van der Waals surface area contributed by atoms with E-state index in [4.69, 9.17) is 68.0 Å². The van der Waals surface area contributed by atoms with Crippen molar-refractivity contribution < 1.29 is 56.7 Å². The smallest absolute Gasteiger partial charge is 0.253 e. The lowest BCUT2D eigenvalue weighted by Gasteiger charge is -2.32. The van der Waals surface area contributed by atoms with Gasteiger partial charge in [0.25, 0.3) is 23.6 Å². The van der Waals surface area contributed by atoms with Crippen LogP contribution in [0.5, 0.6) is 40.2 Å².